The molecular weight excluding hydrogens is 304 g/mol. The van der Waals surface area contributed by atoms with Gasteiger partial charge in [-0.3, -0.25) is 4.79 Å². The zero-order valence-electron chi connectivity index (χ0n) is 15.7. The minimum atomic E-state index is -0.0809. The standard InChI is InChI=1S/C20H34O4/c1-15(2)7-9-18(23)16(3)6-5-12-20(4)19(24-20)10-8-17(14-22)11-13-21/h7,11,16,19,21-22H,5-6,8-10,12-14H2,1-4H3/b17-11+/t16-,19+,20-/m1/s1. The minimum Gasteiger partial charge on any atom is -0.392 e. The lowest BCUT2D eigenvalue weighted by molar-refractivity contribution is -0.121. The Morgan fingerprint density at radius 1 is 1.29 bits per heavy atom. The van der Waals surface area contributed by atoms with Gasteiger partial charge in [0, 0.05) is 12.3 Å². The van der Waals surface area contributed by atoms with Gasteiger partial charge in [-0.05, 0) is 58.4 Å². The Balaban J connectivity index is 2.25. The highest BCUT2D eigenvalue weighted by molar-refractivity contribution is 5.82. The van der Waals surface area contributed by atoms with Crippen molar-refractivity contribution in [3.8, 4) is 0 Å². The van der Waals surface area contributed by atoms with Crippen LogP contribution in [0.1, 0.15) is 66.2 Å². The second-order valence-corrected chi connectivity index (χ2v) is 7.41. The molecule has 1 saturated heterocycles. The molecule has 1 fully saturated rings. The van der Waals surface area contributed by atoms with E-state index in [4.69, 9.17) is 9.84 Å². The summed E-state index contributed by atoms with van der Waals surface area (Å²) < 4.78 is 5.83. The van der Waals surface area contributed by atoms with Gasteiger partial charge in [0.1, 0.15) is 5.78 Å². The molecule has 0 spiro atoms. The number of hydrogen-bond acceptors (Lipinski definition) is 4. The van der Waals surface area contributed by atoms with Gasteiger partial charge in [0.05, 0.1) is 24.9 Å². The summed E-state index contributed by atoms with van der Waals surface area (Å²) in [6.45, 7) is 8.14. The fourth-order valence-electron chi connectivity index (χ4n) is 2.99. The third kappa shape index (κ3) is 7.29. The number of carbonyl (C=O) groups is 1. The predicted molar refractivity (Wildman–Crippen MR) is 96.8 cm³/mol. The number of carbonyl (C=O) groups excluding carboxylic acids is 1. The Morgan fingerprint density at radius 3 is 2.58 bits per heavy atom. The molecule has 1 aliphatic rings. The smallest absolute Gasteiger partial charge is 0.139 e. The van der Waals surface area contributed by atoms with Gasteiger partial charge in [-0.2, -0.15) is 0 Å². The van der Waals surface area contributed by atoms with Crippen LogP contribution in [0.15, 0.2) is 23.3 Å². The predicted octanol–water partition coefficient (Wildman–Crippen LogP) is 3.57. The van der Waals surface area contributed by atoms with Crippen molar-refractivity contribution in [2.24, 2.45) is 5.92 Å². The lowest BCUT2D eigenvalue weighted by atomic mass is 9.91. The van der Waals surface area contributed by atoms with E-state index < -0.39 is 0 Å². The number of aliphatic hydroxyl groups excluding tert-OH is 2. The molecule has 0 aliphatic carbocycles. The summed E-state index contributed by atoms with van der Waals surface area (Å²) in [5.41, 5.74) is 1.98. The van der Waals surface area contributed by atoms with Gasteiger partial charge < -0.3 is 14.9 Å². The Morgan fingerprint density at radius 2 is 2.00 bits per heavy atom. The molecule has 138 valence electrons. The number of Topliss-reactive ketones (excluding diaryl/α,β-unsaturated/α-hetero) is 1. The molecule has 0 amide bonds. The molecule has 3 atom stereocenters. The molecule has 1 heterocycles. The second-order valence-electron chi connectivity index (χ2n) is 7.41. The van der Waals surface area contributed by atoms with Crippen molar-refractivity contribution in [3.05, 3.63) is 23.3 Å². The van der Waals surface area contributed by atoms with Crippen molar-refractivity contribution in [2.45, 2.75) is 77.9 Å². The molecule has 0 aromatic heterocycles. The first-order valence-corrected chi connectivity index (χ1v) is 9.06. The van der Waals surface area contributed by atoms with Crippen LogP contribution in [-0.4, -0.2) is 40.9 Å². The Bertz CT molecular complexity index is 462. The molecule has 0 bridgehead atoms. The van der Waals surface area contributed by atoms with Crippen molar-refractivity contribution in [1.29, 1.82) is 0 Å². The SMILES string of the molecule is CC(C)=CCC(=O)[C@H](C)CCC[C@@]1(C)O[C@H]1CC/C(=C\CO)CO. The molecule has 0 aromatic rings. The van der Waals surface area contributed by atoms with Crippen LogP contribution in [0.4, 0.5) is 0 Å². The molecule has 0 aromatic carbocycles. The third-order valence-corrected chi connectivity index (χ3v) is 4.92. The number of epoxide rings is 1. The third-order valence-electron chi connectivity index (χ3n) is 4.92. The van der Waals surface area contributed by atoms with E-state index in [1.165, 1.54) is 5.57 Å². The zero-order valence-corrected chi connectivity index (χ0v) is 15.7. The molecule has 24 heavy (non-hydrogen) atoms. The fourth-order valence-corrected chi connectivity index (χ4v) is 2.99. The first-order valence-electron chi connectivity index (χ1n) is 9.06. The van der Waals surface area contributed by atoms with E-state index in [9.17, 15) is 9.90 Å². The summed E-state index contributed by atoms with van der Waals surface area (Å²) >= 11 is 0. The zero-order chi connectivity index (χ0) is 18.2. The van der Waals surface area contributed by atoms with E-state index in [0.29, 0.717) is 12.2 Å². The molecule has 0 radical (unpaired) electrons. The molecule has 1 aliphatic heterocycles. The topological polar surface area (TPSA) is 70.1 Å². The molecule has 4 heteroatoms. The summed E-state index contributed by atoms with van der Waals surface area (Å²) in [6, 6.07) is 0. The van der Waals surface area contributed by atoms with Gasteiger partial charge in [0.2, 0.25) is 0 Å². The maximum atomic E-state index is 12.0. The minimum absolute atomic E-state index is 0.00466. The summed E-state index contributed by atoms with van der Waals surface area (Å²) in [4.78, 5) is 12.0. The summed E-state index contributed by atoms with van der Waals surface area (Å²) in [5.74, 6) is 0.422. The van der Waals surface area contributed by atoms with E-state index in [1.54, 1.807) is 6.08 Å². The summed E-state index contributed by atoms with van der Waals surface area (Å²) in [6.07, 6.45) is 8.94. The van der Waals surface area contributed by atoms with E-state index in [-0.39, 0.29) is 30.8 Å². The molecule has 2 N–H and O–H groups in total. The van der Waals surface area contributed by atoms with Gasteiger partial charge in [0.15, 0.2) is 0 Å². The van der Waals surface area contributed by atoms with E-state index in [2.05, 4.69) is 6.92 Å². The van der Waals surface area contributed by atoms with Crippen molar-refractivity contribution in [3.63, 3.8) is 0 Å². The maximum absolute atomic E-state index is 12.0. The van der Waals surface area contributed by atoms with Crippen LogP contribution < -0.4 is 0 Å². The highest BCUT2D eigenvalue weighted by Gasteiger charge is 2.50. The van der Waals surface area contributed by atoms with Crippen LogP contribution >= 0.6 is 0 Å². The quantitative estimate of drug-likeness (QED) is 0.421. The van der Waals surface area contributed by atoms with Crippen molar-refractivity contribution < 1.29 is 19.7 Å². The average Bonchev–Trinajstić information content (AvgIpc) is 3.19. The maximum Gasteiger partial charge on any atom is 0.139 e. The van der Waals surface area contributed by atoms with Crippen LogP contribution in [0.25, 0.3) is 0 Å². The lowest BCUT2D eigenvalue weighted by Crippen LogP contribution is -2.14. The average molecular weight is 338 g/mol. The van der Waals surface area contributed by atoms with Gasteiger partial charge in [-0.15, -0.1) is 0 Å². The first kappa shape index (κ1) is 21.1. The van der Waals surface area contributed by atoms with E-state index in [1.807, 2.05) is 26.8 Å². The summed E-state index contributed by atoms with van der Waals surface area (Å²) in [7, 11) is 0. The van der Waals surface area contributed by atoms with Crippen LogP contribution in [0.2, 0.25) is 0 Å². The number of aliphatic hydroxyl groups is 2. The van der Waals surface area contributed by atoms with Gasteiger partial charge >= 0.3 is 0 Å². The van der Waals surface area contributed by atoms with E-state index >= 15 is 0 Å². The number of ether oxygens (including phenoxy) is 1. The van der Waals surface area contributed by atoms with Crippen molar-refractivity contribution in [2.75, 3.05) is 13.2 Å². The molecule has 4 nitrogen and oxygen atoms in total. The van der Waals surface area contributed by atoms with E-state index in [0.717, 1.165) is 37.7 Å². The second kappa shape index (κ2) is 10.1. The fraction of sp³-hybridized carbons (Fsp3) is 0.750. The number of allylic oxidation sites excluding steroid dienone is 2. The molecule has 0 unspecified atom stereocenters. The lowest BCUT2D eigenvalue weighted by Gasteiger charge is -2.11. The Kier molecular flexibility index (Phi) is 8.88. The highest BCUT2D eigenvalue weighted by Crippen LogP contribution is 2.43. The highest BCUT2D eigenvalue weighted by atomic mass is 16.6. The summed E-state index contributed by atoms with van der Waals surface area (Å²) in [5, 5.41) is 18.1. The first-order chi connectivity index (χ1) is 11.3. The van der Waals surface area contributed by atoms with Crippen LogP contribution in [0, 0.1) is 5.92 Å². The Labute approximate surface area is 146 Å². The van der Waals surface area contributed by atoms with Crippen molar-refractivity contribution in [1.82, 2.24) is 0 Å². The molecular formula is C20H34O4. The number of hydrogen-bond donors (Lipinski definition) is 2. The number of rotatable bonds is 12. The normalized spacial score (nSPS) is 24.6. The van der Waals surface area contributed by atoms with Gasteiger partial charge in [-0.1, -0.05) is 24.6 Å². The monoisotopic (exact) mass is 338 g/mol. The van der Waals surface area contributed by atoms with Crippen LogP contribution in [0.3, 0.4) is 0 Å². The largest absolute Gasteiger partial charge is 0.392 e. The van der Waals surface area contributed by atoms with Gasteiger partial charge in [0.25, 0.3) is 0 Å². The van der Waals surface area contributed by atoms with Crippen molar-refractivity contribution >= 4 is 5.78 Å². The van der Waals surface area contributed by atoms with Crippen LogP contribution in [0.5, 0.6) is 0 Å². The molecule has 0 saturated carbocycles. The molecule has 1 rings (SSSR count). The number of ketones is 1. The van der Waals surface area contributed by atoms with Gasteiger partial charge in [-0.25, -0.2) is 0 Å². The van der Waals surface area contributed by atoms with Crippen LogP contribution in [-0.2, 0) is 9.53 Å². The Hall–Kier alpha value is -0.970.